The summed E-state index contributed by atoms with van der Waals surface area (Å²) in [6.45, 7) is 5.61. The van der Waals surface area contributed by atoms with E-state index in [4.69, 9.17) is 0 Å². The topological polar surface area (TPSA) is 41.1 Å². The van der Waals surface area contributed by atoms with Crippen LogP contribution >= 0.6 is 0 Å². The van der Waals surface area contributed by atoms with Crippen molar-refractivity contribution >= 4 is 11.7 Å². The fraction of sp³-hybridized carbons (Fsp3) is 0.316. The molecule has 3 nitrogen and oxygen atoms in total. The van der Waals surface area contributed by atoms with Gasteiger partial charge < -0.3 is 10.6 Å². The van der Waals surface area contributed by atoms with E-state index in [2.05, 4.69) is 10.6 Å². The molecule has 0 aromatic heterocycles. The van der Waals surface area contributed by atoms with Crippen LogP contribution in [-0.2, 0) is 18.1 Å². The number of rotatable bonds is 3. The predicted octanol–water partition coefficient (Wildman–Crippen LogP) is 5.46. The lowest BCUT2D eigenvalue weighted by Crippen LogP contribution is -2.30. The summed E-state index contributed by atoms with van der Waals surface area (Å²) in [5, 5.41) is 5.05. The van der Waals surface area contributed by atoms with Crippen molar-refractivity contribution in [3.8, 4) is 0 Å². The number of alkyl halides is 3. The van der Waals surface area contributed by atoms with Gasteiger partial charge in [0.1, 0.15) is 5.82 Å². The summed E-state index contributed by atoms with van der Waals surface area (Å²) in [5.74, 6) is -0.812. The number of anilines is 1. The number of urea groups is 1. The summed E-state index contributed by atoms with van der Waals surface area (Å²) in [6.07, 6.45) is -4.57. The normalized spacial score (nSPS) is 12.0. The lowest BCUT2D eigenvalue weighted by molar-refractivity contribution is -0.137. The van der Waals surface area contributed by atoms with Crippen molar-refractivity contribution in [2.75, 3.05) is 5.32 Å². The lowest BCUT2D eigenvalue weighted by Gasteiger charge is -2.23. The van der Waals surface area contributed by atoms with Gasteiger partial charge in [0.05, 0.1) is 5.56 Å². The van der Waals surface area contributed by atoms with Gasteiger partial charge in [-0.05, 0) is 35.2 Å². The zero-order chi connectivity index (χ0) is 19.5. The van der Waals surface area contributed by atoms with E-state index in [1.807, 2.05) is 32.9 Å². The molecule has 0 atom stereocenters. The van der Waals surface area contributed by atoms with E-state index in [-0.39, 0.29) is 17.5 Å². The molecule has 2 aromatic rings. The van der Waals surface area contributed by atoms with Gasteiger partial charge in [0.25, 0.3) is 0 Å². The summed E-state index contributed by atoms with van der Waals surface area (Å²) in [5.41, 5.74) is 0.0764. The quantitative estimate of drug-likeness (QED) is 0.694. The SMILES string of the molecule is CC(C)(C)c1ccccc1NC(=O)NCc1cc(C(F)(F)F)ccc1F. The van der Waals surface area contributed by atoms with Crippen LogP contribution in [0.1, 0.15) is 37.5 Å². The van der Waals surface area contributed by atoms with Gasteiger partial charge in [0.15, 0.2) is 0 Å². The largest absolute Gasteiger partial charge is 0.416 e. The fourth-order valence-corrected chi connectivity index (χ4v) is 2.47. The third kappa shape index (κ3) is 4.97. The Bertz CT molecular complexity index is 795. The van der Waals surface area contributed by atoms with Crippen LogP contribution in [0, 0.1) is 5.82 Å². The molecule has 0 fully saturated rings. The van der Waals surface area contributed by atoms with E-state index in [0.717, 1.165) is 11.6 Å². The van der Waals surface area contributed by atoms with E-state index in [1.165, 1.54) is 0 Å². The van der Waals surface area contributed by atoms with E-state index in [0.29, 0.717) is 17.8 Å². The first-order valence-electron chi connectivity index (χ1n) is 7.98. The number of nitrogens with one attached hydrogen (secondary N) is 2. The molecule has 2 N–H and O–H groups in total. The van der Waals surface area contributed by atoms with Crippen LogP contribution in [0.2, 0.25) is 0 Å². The molecule has 7 heteroatoms. The Hall–Kier alpha value is -2.57. The number of amides is 2. The molecule has 0 saturated carbocycles. The standard InChI is InChI=1S/C19H20F4N2O/c1-18(2,3)14-6-4-5-7-16(14)25-17(26)24-11-12-10-13(19(21,22)23)8-9-15(12)20/h4-10H,11H2,1-3H3,(H2,24,25,26). The van der Waals surface area contributed by atoms with E-state index in [9.17, 15) is 22.4 Å². The molecule has 0 bridgehead atoms. The van der Waals surface area contributed by atoms with Gasteiger partial charge in [-0.15, -0.1) is 0 Å². The van der Waals surface area contributed by atoms with Crippen molar-refractivity contribution in [2.24, 2.45) is 0 Å². The van der Waals surface area contributed by atoms with Crippen LogP contribution < -0.4 is 10.6 Å². The highest BCUT2D eigenvalue weighted by atomic mass is 19.4. The second-order valence-electron chi connectivity index (χ2n) is 6.91. The molecule has 0 aliphatic carbocycles. The average molecular weight is 368 g/mol. The van der Waals surface area contributed by atoms with Crippen LogP contribution in [0.4, 0.5) is 28.0 Å². The van der Waals surface area contributed by atoms with Gasteiger partial charge in [-0.3, -0.25) is 0 Å². The maximum Gasteiger partial charge on any atom is 0.416 e. The van der Waals surface area contributed by atoms with Gasteiger partial charge in [-0.25, -0.2) is 9.18 Å². The number of carbonyl (C=O) groups excluding carboxylic acids is 1. The third-order valence-corrected chi connectivity index (χ3v) is 3.80. The first-order valence-corrected chi connectivity index (χ1v) is 7.98. The average Bonchev–Trinajstić information content (AvgIpc) is 2.52. The maximum atomic E-state index is 13.7. The van der Waals surface area contributed by atoms with Gasteiger partial charge in [0.2, 0.25) is 0 Å². The second kappa shape index (κ2) is 7.35. The van der Waals surface area contributed by atoms with Crippen LogP contribution in [-0.4, -0.2) is 6.03 Å². The summed E-state index contributed by atoms with van der Waals surface area (Å²) in [6, 6.07) is 8.69. The molecule has 0 aliphatic heterocycles. The number of benzene rings is 2. The number of halogens is 4. The molecule has 0 unspecified atom stereocenters. The Balaban J connectivity index is 2.09. The van der Waals surface area contributed by atoms with Crippen molar-refractivity contribution in [1.29, 1.82) is 0 Å². The van der Waals surface area contributed by atoms with Crippen LogP contribution in [0.15, 0.2) is 42.5 Å². The van der Waals surface area contributed by atoms with E-state index in [1.54, 1.807) is 12.1 Å². The molecule has 0 spiro atoms. The molecule has 0 aliphatic rings. The summed E-state index contributed by atoms with van der Waals surface area (Å²) < 4.78 is 51.9. The highest BCUT2D eigenvalue weighted by Gasteiger charge is 2.31. The maximum absolute atomic E-state index is 13.7. The molecule has 2 amide bonds. The van der Waals surface area contributed by atoms with Gasteiger partial charge >= 0.3 is 12.2 Å². The Morgan fingerprint density at radius 1 is 1.04 bits per heavy atom. The van der Waals surface area contributed by atoms with Crippen LogP contribution in [0.5, 0.6) is 0 Å². The minimum Gasteiger partial charge on any atom is -0.334 e. The number of para-hydroxylation sites is 1. The lowest BCUT2D eigenvalue weighted by atomic mass is 9.86. The zero-order valence-corrected chi connectivity index (χ0v) is 14.7. The first kappa shape index (κ1) is 19.8. The van der Waals surface area contributed by atoms with Crippen molar-refractivity contribution in [3.63, 3.8) is 0 Å². The van der Waals surface area contributed by atoms with Crippen molar-refractivity contribution in [2.45, 2.75) is 38.9 Å². The highest BCUT2D eigenvalue weighted by Crippen LogP contribution is 2.31. The van der Waals surface area contributed by atoms with Gasteiger partial charge in [-0.1, -0.05) is 39.0 Å². The molecule has 0 radical (unpaired) electrons. The molecule has 140 valence electrons. The Morgan fingerprint density at radius 2 is 1.69 bits per heavy atom. The Labute approximate surface area is 149 Å². The fourth-order valence-electron chi connectivity index (χ4n) is 2.47. The molecular formula is C19H20F4N2O. The molecule has 2 aromatic carbocycles. The summed E-state index contributed by atoms with van der Waals surface area (Å²) in [7, 11) is 0. The number of hydrogen-bond acceptors (Lipinski definition) is 1. The third-order valence-electron chi connectivity index (χ3n) is 3.80. The summed E-state index contributed by atoms with van der Waals surface area (Å²) in [4.78, 5) is 12.1. The van der Waals surface area contributed by atoms with Crippen molar-refractivity contribution < 1.29 is 22.4 Å². The molecule has 0 heterocycles. The smallest absolute Gasteiger partial charge is 0.334 e. The van der Waals surface area contributed by atoms with Crippen LogP contribution in [0.3, 0.4) is 0 Å². The van der Waals surface area contributed by atoms with Crippen molar-refractivity contribution in [3.05, 3.63) is 65.0 Å². The van der Waals surface area contributed by atoms with E-state index < -0.39 is 23.6 Å². The Morgan fingerprint density at radius 3 is 2.31 bits per heavy atom. The monoisotopic (exact) mass is 368 g/mol. The minimum atomic E-state index is -4.57. The van der Waals surface area contributed by atoms with E-state index >= 15 is 0 Å². The minimum absolute atomic E-state index is 0.211. The highest BCUT2D eigenvalue weighted by molar-refractivity contribution is 5.90. The van der Waals surface area contributed by atoms with Crippen LogP contribution in [0.25, 0.3) is 0 Å². The molecule has 0 saturated heterocycles. The summed E-state index contributed by atoms with van der Waals surface area (Å²) >= 11 is 0. The van der Waals surface area contributed by atoms with Gasteiger partial charge in [0, 0.05) is 17.8 Å². The second-order valence-corrected chi connectivity index (χ2v) is 6.91. The number of carbonyl (C=O) groups is 1. The number of hydrogen-bond donors (Lipinski definition) is 2. The molecule has 26 heavy (non-hydrogen) atoms. The predicted molar refractivity (Wildman–Crippen MR) is 92.4 cm³/mol. The van der Waals surface area contributed by atoms with Crippen molar-refractivity contribution in [1.82, 2.24) is 5.32 Å². The zero-order valence-electron chi connectivity index (χ0n) is 14.7. The molecular weight excluding hydrogens is 348 g/mol. The Kier molecular flexibility index (Phi) is 5.59. The first-order chi connectivity index (χ1) is 12.0. The molecule has 2 rings (SSSR count). The van der Waals surface area contributed by atoms with Gasteiger partial charge in [-0.2, -0.15) is 13.2 Å².